The van der Waals surface area contributed by atoms with Crippen LogP contribution in [-0.2, 0) is 19.2 Å². The molecule has 0 aliphatic rings. The number of amides is 1. The van der Waals surface area contributed by atoms with Crippen LogP contribution in [0, 0.1) is 0 Å². The molecule has 7 heteroatoms. The zero-order valence-corrected chi connectivity index (χ0v) is 8.49. The van der Waals surface area contributed by atoms with Crippen molar-refractivity contribution in [3.63, 3.8) is 0 Å². The molecule has 0 heterocycles. The van der Waals surface area contributed by atoms with Crippen molar-refractivity contribution in [3.8, 4) is 0 Å². The predicted molar refractivity (Wildman–Crippen MR) is 51.2 cm³/mol. The molecule has 0 saturated carbocycles. The summed E-state index contributed by atoms with van der Waals surface area (Å²) in [5.74, 6) is 3.35. The van der Waals surface area contributed by atoms with Gasteiger partial charge < -0.3 is 15.9 Å². The molecule has 5 N–H and O–H groups in total. The number of rotatable bonds is 6. The molecule has 0 spiro atoms. The van der Waals surface area contributed by atoms with E-state index in [1.807, 2.05) is 0 Å². The molecule has 0 aliphatic heterocycles. The smallest absolute Gasteiger partial charge is 0.341 e. The van der Waals surface area contributed by atoms with Crippen molar-refractivity contribution < 1.29 is 19.2 Å². The minimum atomic E-state index is -0.918. The number of Topliss-reactive ketones (excluding diaryl/α,β-unsaturated/α-hetero) is 1. The van der Waals surface area contributed by atoms with Gasteiger partial charge in [-0.2, -0.15) is 5.90 Å². The Hall–Kier alpha value is -1.47. The first-order valence-corrected chi connectivity index (χ1v) is 4.39. The van der Waals surface area contributed by atoms with E-state index in [1.54, 1.807) is 0 Å². The summed E-state index contributed by atoms with van der Waals surface area (Å²) >= 11 is 0. The van der Waals surface area contributed by atoms with Crippen LogP contribution in [0.1, 0.15) is 19.8 Å². The van der Waals surface area contributed by atoms with Crippen molar-refractivity contribution >= 4 is 17.7 Å². The molecule has 7 nitrogen and oxygen atoms in total. The molecule has 0 fully saturated rings. The van der Waals surface area contributed by atoms with E-state index in [0.29, 0.717) is 0 Å². The SMILES string of the molecule is CC(=O)CNC(=O)CC[C@H](N)C(=O)ON. The van der Waals surface area contributed by atoms with Gasteiger partial charge in [-0.25, -0.2) is 4.79 Å². The second-order valence-corrected chi connectivity index (χ2v) is 3.06. The summed E-state index contributed by atoms with van der Waals surface area (Å²) in [5, 5.41) is 2.37. The lowest BCUT2D eigenvalue weighted by Crippen LogP contribution is -2.36. The molecule has 0 rings (SSSR count). The molecule has 0 bridgehead atoms. The van der Waals surface area contributed by atoms with Crippen LogP contribution in [0.3, 0.4) is 0 Å². The lowest BCUT2D eigenvalue weighted by atomic mass is 10.1. The number of carbonyl (C=O) groups excluding carboxylic acids is 3. The molecule has 0 radical (unpaired) electrons. The zero-order valence-electron chi connectivity index (χ0n) is 8.49. The first-order chi connectivity index (χ1) is 6.97. The van der Waals surface area contributed by atoms with Crippen molar-refractivity contribution in [1.82, 2.24) is 5.32 Å². The van der Waals surface area contributed by atoms with Gasteiger partial charge in [0.05, 0.1) is 6.54 Å². The third kappa shape index (κ3) is 6.58. The van der Waals surface area contributed by atoms with Gasteiger partial charge in [0.2, 0.25) is 5.91 Å². The minimum Gasteiger partial charge on any atom is -0.372 e. The first-order valence-electron chi connectivity index (χ1n) is 4.39. The molecule has 15 heavy (non-hydrogen) atoms. The van der Waals surface area contributed by atoms with E-state index in [4.69, 9.17) is 5.73 Å². The van der Waals surface area contributed by atoms with Gasteiger partial charge in [0.25, 0.3) is 0 Å². The summed E-state index contributed by atoms with van der Waals surface area (Å²) in [5.41, 5.74) is 5.33. The molecule has 0 unspecified atom stereocenters. The second-order valence-electron chi connectivity index (χ2n) is 3.06. The monoisotopic (exact) mass is 217 g/mol. The maximum atomic E-state index is 11.1. The number of nitrogens with two attached hydrogens (primary N) is 2. The van der Waals surface area contributed by atoms with Crippen LogP contribution in [-0.4, -0.2) is 30.2 Å². The maximum Gasteiger partial charge on any atom is 0.341 e. The van der Waals surface area contributed by atoms with Gasteiger partial charge in [-0.3, -0.25) is 9.59 Å². The van der Waals surface area contributed by atoms with E-state index in [0.717, 1.165) is 0 Å². The van der Waals surface area contributed by atoms with Crippen LogP contribution >= 0.6 is 0 Å². The molecular formula is C8H15N3O4. The highest BCUT2D eigenvalue weighted by Gasteiger charge is 2.15. The summed E-state index contributed by atoms with van der Waals surface area (Å²) in [6.45, 7) is 1.34. The van der Waals surface area contributed by atoms with Crippen molar-refractivity contribution in [2.45, 2.75) is 25.8 Å². The Bertz CT molecular complexity index is 254. The highest BCUT2D eigenvalue weighted by molar-refractivity contribution is 5.84. The number of nitrogens with one attached hydrogen (secondary N) is 1. The van der Waals surface area contributed by atoms with Gasteiger partial charge in [-0.15, -0.1) is 0 Å². The minimum absolute atomic E-state index is 0.0184. The van der Waals surface area contributed by atoms with Crippen LogP contribution < -0.4 is 16.9 Å². The van der Waals surface area contributed by atoms with Crippen molar-refractivity contribution in [3.05, 3.63) is 0 Å². The topological polar surface area (TPSA) is 125 Å². The molecular weight excluding hydrogens is 202 g/mol. The fourth-order valence-corrected chi connectivity index (χ4v) is 0.803. The Morgan fingerprint density at radius 1 is 1.40 bits per heavy atom. The fourth-order valence-electron chi connectivity index (χ4n) is 0.803. The van der Waals surface area contributed by atoms with Crippen LogP contribution in [0.15, 0.2) is 0 Å². The van der Waals surface area contributed by atoms with Gasteiger partial charge in [0, 0.05) is 6.42 Å². The highest BCUT2D eigenvalue weighted by atomic mass is 16.7. The second kappa shape index (κ2) is 6.91. The predicted octanol–water partition coefficient (Wildman–Crippen LogP) is -1.78. The third-order valence-electron chi connectivity index (χ3n) is 1.64. The summed E-state index contributed by atoms with van der Waals surface area (Å²) in [7, 11) is 0. The highest BCUT2D eigenvalue weighted by Crippen LogP contribution is 1.95. The third-order valence-corrected chi connectivity index (χ3v) is 1.64. The quantitative estimate of drug-likeness (QED) is 0.451. The Labute approximate surface area is 87.1 Å². The molecule has 0 saturated heterocycles. The van der Waals surface area contributed by atoms with Gasteiger partial charge in [-0.05, 0) is 13.3 Å². The van der Waals surface area contributed by atoms with Gasteiger partial charge in [0.1, 0.15) is 11.8 Å². The van der Waals surface area contributed by atoms with E-state index < -0.39 is 12.0 Å². The molecule has 1 amide bonds. The van der Waals surface area contributed by atoms with E-state index in [-0.39, 0.29) is 31.1 Å². The van der Waals surface area contributed by atoms with E-state index in [2.05, 4.69) is 16.1 Å². The van der Waals surface area contributed by atoms with E-state index >= 15 is 0 Å². The molecule has 86 valence electrons. The molecule has 0 aliphatic carbocycles. The van der Waals surface area contributed by atoms with Crippen molar-refractivity contribution in [2.24, 2.45) is 11.6 Å². The van der Waals surface area contributed by atoms with Crippen molar-refractivity contribution in [2.75, 3.05) is 6.54 Å². The van der Waals surface area contributed by atoms with Gasteiger partial charge in [-0.1, -0.05) is 0 Å². The number of ketones is 1. The Morgan fingerprint density at radius 3 is 2.47 bits per heavy atom. The Kier molecular flexibility index (Phi) is 6.23. The summed E-state index contributed by atoms with van der Waals surface area (Å²) < 4.78 is 0. The number of carbonyl (C=O) groups is 3. The number of hydrogen-bond donors (Lipinski definition) is 3. The summed E-state index contributed by atoms with van der Waals surface area (Å²) in [6.07, 6.45) is 0.170. The van der Waals surface area contributed by atoms with E-state index in [1.165, 1.54) is 6.92 Å². The Balaban J connectivity index is 3.71. The lowest BCUT2D eigenvalue weighted by molar-refractivity contribution is -0.146. The van der Waals surface area contributed by atoms with Crippen LogP contribution in [0.4, 0.5) is 0 Å². The standard InChI is InChI=1S/C8H15N3O4/c1-5(12)4-11-7(13)3-2-6(9)8(14)15-10/h6H,2-4,9-10H2,1H3,(H,11,13)/t6-/m0/s1. The molecule has 1 atom stereocenters. The summed E-state index contributed by atoms with van der Waals surface area (Å²) in [4.78, 5) is 36.2. The fraction of sp³-hybridized carbons (Fsp3) is 0.625. The molecule has 0 aromatic rings. The van der Waals surface area contributed by atoms with Gasteiger partial charge in [0.15, 0.2) is 0 Å². The average molecular weight is 217 g/mol. The van der Waals surface area contributed by atoms with Crippen LogP contribution in [0.2, 0.25) is 0 Å². The van der Waals surface area contributed by atoms with Crippen LogP contribution in [0.25, 0.3) is 0 Å². The average Bonchev–Trinajstić information content (AvgIpc) is 2.21. The molecule has 0 aromatic heterocycles. The zero-order chi connectivity index (χ0) is 11.8. The largest absolute Gasteiger partial charge is 0.372 e. The number of hydrogen-bond acceptors (Lipinski definition) is 6. The van der Waals surface area contributed by atoms with Crippen molar-refractivity contribution in [1.29, 1.82) is 0 Å². The molecule has 0 aromatic carbocycles. The normalized spacial score (nSPS) is 11.7. The van der Waals surface area contributed by atoms with E-state index in [9.17, 15) is 14.4 Å². The lowest BCUT2D eigenvalue weighted by Gasteiger charge is -2.07. The maximum absolute atomic E-state index is 11.1. The van der Waals surface area contributed by atoms with Crippen LogP contribution in [0.5, 0.6) is 0 Å². The van der Waals surface area contributed by atoms with Gasteiger partial charge >= 0.3 is 5.97 Å². The summed E-state index contributed by atoms with van der Waals surface area (Å²) in [6, 6.07) is -0.918. The Morgan fingerprint density at radius 2 is 2.00 bits per heavy atom. The first kappa shape index (κ1) is 13.5.